The molecule has 0 aromatic heterocycles. The average Bonchev–Trinajstić information content (AvgIpc) is 2.31. The van der Waals surface area contributed by atoms with Crippen molar-refractivity contribution in [2.75, 3.05) is 0 Å². The predicted octanol–water partition coefficient (Wildman–Crippen LogP) is 4.22. The summed E-state index contributed by atoms with van der Waals surface area (Å²) in [5, 5.41) is 3.63. The van der Waals surface area contributed by atoms with E-state index >= 15 is 0 Å². The third kappa shape index (κ3) is 4.51. The summed E-state index contributed by atoms with van der Waals surface area (Å²) in [6, 6.07) is 7.16. The van der Waals surface area contributed by atoms with Gasteiger partial charge in [0.05, 0.1) is 0 Å². The van der Waals surface area contributed by atoms with Crippen molar-refractivity contribution in [3.05, 3.63) is 34.9 Å². The summed E-state index contributed by atoms with van der Waals surface area (Å²) in [7, 11) is 0. The van der Waals surface area contributed by atoms with E-state index in [2.05, 4.69) is 58.1 Å². The summed E-state index contributed by atoms with van der Waals surface area (Å²) in [5.41, 5.74) is 4.25. The molecule has 96 valence electrons. The van der Waals surface area contributed by atoms with Crippen LogP contribution in [0.15, 0.2) is 18.2 Å². The Morgan fingerprint density at radius 2 is 1.88 bits per heavy atom. The Hall–Kier alpha value is -0.820. The molecule has 17 heavy (non-hydrogen) atoms. The zero-order valence-electron chi connectivity index (χ0n) is 12.0. The lowest BCUT2D eigenvalue weighted by Crippen LogP contribution is -2.27. The molecule has 1 nitrogen and oxygen atoms in total. The highest BCUT2D eigenvalue weighted by Gasteiger charge is 2.07. The van der Waals surface area contributed by atoms with Crippen molar-refractivity contribution >= 4 is 0 Å². The minimum atomic E-state index is 0.602. The van der Waals surface area contributed by atoms with E-state index in [1.807, 2.05) is 0 Å². The van der Waals surface area contributed by atoms with Crippen molar-refractivity contribution in [1.82, 2.24) is 5.32 Å². The van der Waals surface area contributed by atoms with Crippen molar-refractivity contribution in [2.45, 2.75) is 60.0 Å². The van der Waals surface area contributed by atoms with Crippen molar-refractivity contribution < 1.29 is 0 Å². The first-order chi connectivity index (χ1) is 8.04. The lowest BCUT2D eigenvalue weighted by molar-refractivity contribution is 0.412. The third-order valence-electron chi connectivity index (χ3n) is 3.81. The Morgan fingerprint density at radius 1 is 1.18 bits per heavy atom. The molecule has 1 aromatic carbocycles. The van der Waals surface area contributed by atoms with Gasteiger partial charge in [-0.05, 0) is 49.8 Å². The first kappa shape index (κ1) is 14.2. The largest absolute Gasteiger partial charge is 0.310 e. The molecule has 0 heterocycles. The molecule has 0 aliphatic carbocycles. The Bertz CT molecular complexity index is 343. The van der Waals surface area contributed by atoms with E-state index in [1.54, 1.807) is 0 Å². The maximum atomic E-state index is 3.63. The second-order valence-electron chi connectivity index (χ2n) is 5.39. The zero-order chi connectivity index (χ0) is 12.8. The highest BCUT2D eigenvalue weighted by molar-refractivity contribution is 5.32. The fraction of sp³-hybridized carbons (Fsp3) is 0.625. The molecule has 0 fully saturated rings. The minimum absolute atomic E-state index is 0.602. The van der Waals surface area contributed by atoms with Crippen LogP contribution in [0.3, 0.4) is 0 Å². The fourth-order valence-electron chi connectivity index (χ4n) is 2.14. The van der Waals surface area contributed by atoms with Crippen molar-refractivity contribution in [2.24, 2.45) is 5.92 Å². The molecule has 1 aromatic rings. The van der Waals surface area contributed by atoms with Crippen LogP contribution in [0.1, 0.15) is 50.3 Å². The topological polar surface area (TPSA) is 12.0 Å². The van der Waals surface area contributed by atoms with Gasteiger partial charge in [0.15, 0.2) is 0 Å². The quantitative estimate of drug-likeness (QED) is 0.776. The van der Waals surface area contributed by atoms with E-state index < -0.39 is 0 Å². The van der Waals surface area contributed by atoms with Gasteiger partial charge in [-0.3, -0.25) is 0 Å². The predicted molar refractivity (Wildman–Crippen MR) is 76.3 cm³/mol. The van der Waals surface area contributed by atoms with Gasteiger partial charge < -0.3 is 5.32 Å². The smallest absolute Gasteiger partial charge is 0.0210 e. The van der Waals surface area contributed by atoms with Crippen LogP contribution < -0.4 is 5.32 Å². The summed E-state index contributed by atoms with van der Waals surface area (Å²) in [5.74, 6) is 0.816. The normalized spacial score (nSPS) is 14.6. The van der Waals surface area contributed by atoms with Crippen LogP contribution in [-0.4, -0.2) is 6.04 Å². The highest BCUT2D eigenvalue weighted by atomic mass is 14.9. The monoisotopic (exact) mass is 233 g/mol. The van der Waals surface area contributed by atoms with Gasteiger partial charge in [0.1, 0.15) is 0 Å². The molecule has 1 heteroatoms. The third-order valence-corrected chi connectivity index (χ3v) is 3.81. The summed E-state index contributed by atoms with van der Waals surface area (Å²) in [6.07, 6.45) is 2.54. The fourth-order valence-corrected chi connectivity index (χ4v) is 2.14. The molecule has 0 bridgehead atoms. The SMILES string of the molecule is CCC(C)CC(C)NCc1cccc(C)c1C. The summed E-state index contributed by atoms with van der Waals surface area (Å²) < 4.78 is 0. The number of rotatable bonds is 6. The van der Waals surface area contributed by atoms with Gasteiger partial charge in [0, 0.05) is 12.6 Å². The van der Waals surface area contributed by atoms with Crippen LogP contribution in [0.25, 0.3) is 0 Å². The molecular formula is C16H27N. The molecule has 0 spiro atoms. The number of hydrogen-bond donors (Lipinski definition) is 1. The minimum Gasteiger partial charge on any atom is -0.310 e. The molecule has 2 unspecified atom stereocenters. The maximum Gasteiger partial charge on any atom is 0.0210 e. The molecule has 0 amide bonds. The van der Waals surface area contributed by atoms with Crippen LogP contribution in [0, 0.1) is 19.8 Å². The van der Waals surface area contributed by atoms with Gasteiger partial charge in [-0.2, -0.15) is 0 Å². The number of benzene rings is 1. The molecule has 1 rings (SSSR count). The second kappa shape index (κ2) is 6.80. The molecule has 2 atom stereocenters. The molecule has 0 aliphatic rings. The van der Waals surface area contributed by atoms with Crippen LogP contribution in [-0.2, 0) is 6.54 Å². The van der Waals surface area contributed by atoms with E-state index in [4.69, 9.17) is 0 Å². The van der Waals surface area contributed by atoms with Gasteiger partial charge in [-0.1, -0.05) is 38.5 Å². The Labute approximate surface area is 107 Å². The van der Waals surface area contributed by atoms with Crippen LogP contribution in [0.5, 0.6) is 0 Å². The lowest BCUT2D eigenvalue weighted by Gasteiger charge is -2.18. The Morgan fingerprint density at radius 3 is 2.53 bits per heavy atom. The molecule has 0 saturated heterocycles. The standard InChI is InChI=1S/C16H27N/c1-6-12(2)10-14(4)17-11-16-9-7-8-13(3)15(16)5/h7-9,12,14,17H,6,10-11H2,1-5H3. The Kier molecular flexibility index (Phi) is 5.70. The lowest BCUT2D eigenvalue weighted by atomic mass is 9.99. The van der Waals surface area contributed by atoms with Crippen molar-refractivity contribution in [3.8, 4) is 0 Å². The van der Waals surface area contributed by atoms with Crippen molar-refractivity contribution in [3.63, 3.8) is 0 Å². The summed E-state index contributed by atoms with van der Waals surface area (Å²) in [6.45, 7) is 12.3. The average molecular weight is 233 g/mol. The molecule has 1 N–H and O–H groups in total. The highest BCUT2D eigenvalue weighted by Crippen LogP contribution is 2.14. The van der Waals surface area contributed by atoms with E-state index in [0.29, 0.717) is 6.04 Å². The summed E-state index contributed by atoms with van der Waals surface area (Å²) in [4.78, 5) is 0. The number of aryl methyl sites for hydroxylation is 1. The maximum absolute atomic E-state index is 3.63. The van der Waals surface area contributed by atoms with Gasteiger partial charge in [0.25, 0.3) is 0 Å². The van der Waals surface area contributed by atoms with E-state index in [0.717, 1.165) is 12.5 Å². The number of hydrogen-bond acceptors (Lipinski definition) is 1. The summed E-state index contributed by atoms with van der Waals surface area (Å²) >= 11 is 0. The van der Waals surface area contributed by atoms with Gasteiger partial charge in [0.2, 0.25) is 0 Å². The van der Waals surface area contributed by atoms with Gasteiger partial charge >= 0.3 is 0 Å². The zero-order valence-corrected chi connectivity index (χ0v) is 12.0. The molecule has 0 saturated carbocycles. The first-order valence-electron chi connectivity index (χ1n) is 6.83. The molecule has 0 aliphatic heterocycles. The van der Waals surface area contributed by atoms with E-state index in [-0.39, 0.29) is 0 Å². The van der Waals surface area contributed by atoms with Crippen LogP contribution in [0.4, 0.5) is 0 Å². The van der Waals surface area contributed by atoms with Crippen LogP contribution in [0.2, 0.25) is 0 Å². The van der Waals surface area contributed by atoms with Gasteiger partial charge in [-0.25, -0.2) is 0 Å². The molecule has 0 radical (unpaired) electrons. The van der Waals surface area contributed by atoms with Gasteiger partial charge in [-0.15, -0.1) is 0 Å². The Balaban J connectivity index is 2.47. The van der Waals surface area contributed by atoms with E-state index in [1.165, 1.54) is 29.5 Å². The first-order valence-corrected chi connectivity index (χ1v) is 6.83. The van der Waals surface area contributed by atoms with Crippen LogP contribution >= 0.6 is 0 Å². The number of nitrogens with one attached hydrogen (secondary N) is 1. The van der Waals surface area contributed by atoms with E-state index in [9.17, 15) is 0 Å². The second-order valence-corrected chi connectivity index (χ2v) is 5.39. The molecular weight excluding hydrogens is 206 g/mol. The van der Waals surface area contributed by atoms with Crippen molar-refractivity contribution in [1.29, 1.82) is 0 Å².